The number of nitrogens with zero attached hydrogens (tertiary/aromatic N) is 1. The number of carbonyl (C=O) groups is 1. The molecular weight excluding hydrogens is 364 g/mol. The average Bonchev–Trinajstić information content (AvgIpc) is 2.96. The fraction of sp³-hybridized carbons (Fsp3) is 0.250. The highest BCUT2D eigenvalue weighted by Crippen LogP contribution is 2.26. The number of methoxy groups -OCH3 is 1. The summed E-state index contributed by atoms with van der Waals surface area (Å²) in [5.74, 6) is -0.375. The Balaban J connectivity index is 1.97. The van der Waals surface area contributed by atoms with Gasteiger partial charge in [-0.1, -0.05) is 12.1 Å². The molecule has 27 heavy (non-hydrogen) atoms. The molecule has 142 valence electrons. The van der Waals surface area contributed by atoms with Crippen LogP contribution in [0.2, 0.25) is 0 Å². The van der Waals surface area contributed by atoms with Crippen molar-refractivity contribution in [2.45, 2.75) is 18.2 Å². The van der Waals surface area contributed by atoms with Gasteiger partial charge in [0.2, 0.25) is 10.0 Å². The SMILES string of the molecule is COC(=O)c1ccc2[nH]c(C)c(Cc3ccc(S(=O)(=O)N(C)C)cc3)c2c1. The molecule has 6 nitrogen and oxygen atoms in total. The number of hydrogen-bond donors (Lipinski definition) is 1. The van der Waals surface area contributed by atoms with E-state index in [9.17, 15) is 13.2 Å². The molecule has 0 aliphatic rings. The van der Waals surface area contributed by atoms with Crippen molar-refractivity contribution < 1.29 is 17.9 Å². The lowest BCUT2D eigenvalue weighted by atomic mass is 10.0. The van der Waals surface area contributed by atoms with Gasteiger partial charge in [-0.2, -0.15) is 0 Å². The van der Waals surface area contributed by atoms with E-state index in [0.29, 0.717) is 12.0 Å². The van der Waals surface area contributed by atoms with E-state index in [0.717, 1.165) is 27.7 Å². The summed E-state index contributed by atoms with van der Waals surface area (Å²) < 4.78 is 30.4. The van der Waals surface area contributed by atoms with E-state index in [4.69, 9.17) is 4.74 Å². The minimum absolute atomic E-state index is 0.264. The molecular formula is C20H22N2O4S. The minimum Gasteiger partial charge on any atom is -0.465 e. The number of benzene rings is 2. The van der Waals surface area contributed by atoms with Gasteiger partial charge in [-0.15, -0.1) is 0 Å². The maximum Gasteiger partial charge on any atom is 0.337 e. The number of carbonyl (C=O) groups excluding carboxylic acids is 1. The molecule has 2 aromatic carbocycles. The maximum atomic E-state index is 12.2. The van der Waals surface area contributed by atoms with Crippen molar-refractivity contribution in [1.29, 1.82) is 0 Å². The molecule has 3 aromatic rings. The van der Waals surface area contributed by atoms with Crippen LogP contribution in [0, 0.1) is 6.92 Å². The molecule has 0 unspecified atom stereocenters. The highest BCUT2D eigenvalue weighted by atomic mass is 32.2. The predicted molar refractivity (Wildman–Crippen MR) is 104 cm³/mol. The van der Waals surface area contributed by atoms with E-state index >= 15 is 0 Å². The summed E-state index contributed by atoms with van der Waals surface area (Å²) in [6.45, 7) is 1.98. The van der Waals surface area contributed by atoms with Crippen LogP contribution in [0.15, 0.2) is 47.4 Å². The van der Waals surface area contributed by atoms with Gasteiger partial charge in [0.15, 0.2) is 0 Å². The largest absolute Gasteiger partial charge is 0.465 e. The van der Waals surface area contributed by atoms with Gasteiger partial charge in [-0.25, -0.2) is 17.5 Å². The summed E-state index contributed by atoms with van der Waals surface area (Å²) in [5, 5.41) is 0.959. The quantitative estimate of drug-likeness (QED) is 0.684. The van der Waals surface area contributed by atoms with Crippen molar-refractivity contribution in [2.24, 2.45) is 0 Å². The monoisotopic (exact) mass is 386 g/mol. The summed E-state index contributed by atoms with van der Waals surface area (Å²) >= 11 is 0. The molecule has 0 fully saturated rings. The first kappa shape index (κ1) is 19.1. The second kappa shape index (κ2) is 7.17. The van der Waals surface area contributed by atoms with Crippen LogP contribution in [0.1, 0.15) is 27.2 Å². The number of esters is 1. The molecule has 1 N–H and O–H groups in total. The maximum absolute atomic E-state index is 12.2. The van der Waals surface area contributed by atoms with E-state index in [1.807, 2.05) is 31.2 Å². The van der Waals surface area contributed by atoms with Gasteiger partial charge in [-0.05, 0) is 54.8 Å². The average molecular weight is 386 g/mol. The van der Waals surface area contributed by atoms with Gasteiger partial charge in [0.1, 0.15) is 0 Å². The Kier molecular flexibility index (Phi) is 5.08. The highest BCUT2D eigenvalue weighted by Gasteiger charge is 2.17. The zero-order valence-electron chi connectivity index (χ0n) is 15.7. The smallest absolute Gasteiger partial charge is 0.337 e. The molecule has 7 heteroatoms. The number of H-pyrrole nitrogens is 1. The van der Waals surface area contributed by atoms with Gasteiger partial charge in [0.25, 0.3) is 0 Å². The van der Waals surface area contributed by atoms with Crippen molar-refractivity contribution in [3.8, 4) is 0 Å². The fourth-order valence-corrected chi connectivity index (χ4v) is 3.95. The van der Waals surface area contributed by atoms with E-state index in [1.165, 1.54) is 25.5 Å². The Morgan fingerprint density at radius 2 is 1.78 bits per heavy atom. The van der Waals surface area contributed by atoms with Crippen molar-refractivity contribution in [3.63, 3.8) is 0 Å². The van der Waals surface area contributed by atoms with Crippen LogP contribution in [0.25, 0.3) is 10.9 Å². The Hall–Kier alpha value is -2.64. The van der Waals surface area contributed by atoms with Crippen molar-refractivity contribution >= 4 is 26.9 Å². The number of fused-ring (bicyclic) bond motifs is 1. The summed E-state index contributed by atoms with van der Waals surface area (Å²) in [6, 6.07) is 12.3. The first-order valence-electron chi connectivity index (χ1n) is 8.45. The highest BCUT2D eigenvalue weighted by molar-refractivity contribution is 7.89. The van der Waals surface area contributed by atoms with Crippen LogP contribution < -0.4 is 0 Å². The second-order valence-electron chi connectivity index (χ2n) is 6.59. The summed E-state index contributed by atoms with van der Waals surface area (Å²) in [6.07, 6.45) is 0.624. The minimum atomic E-state index is -3.44. The first-order valence-corrected chi connectivity index (χ1v) is 9.89. The molecule has 3 rings (SSSR count). The van der Waals surface area contributed by atoms with Gasteiger partial charge in [0, 0.05) is 30.7 Å². The van der Waals surface area contributed by atoms with Crippen molar-refractivity contribution in [3.05, 3.63) is 64.8 Å². The summed E-state index contributed by atoms with van der Waals surface area (Å²) in [4.78, 5) is 15.4. The Labute approximate surface area is 158 Å². The lowest BCUT2D eigenvalue weighted by molar-refractivity contribution is 0.0601. The number of aromatic nitrogens is 1. The lowest BCUT2D eigenvalue weighted by Gasteiger charge is -2.11. The number of aromatic amines is 1. The summed E-state index contributed by atoms with van der Waals surface area (Å²) in [5.41, 5.74) is 4.51. The molecule has 0 bridgehead atoms. The van der Waals surface area contributed by atoms with Gasteiger partial charge in [-0.3, -0.25) is 0 Å². The fourth-order valence-electron chi connectivity index (χ4n) is 3.05. The van der Waals surface area contributed by atoms with Crippen molar-refractivity contribution in [2.75, 3.05) is 21.2 Å². The van der Waals surface area contributed by atoms with Gasteiger partial charge < -0.3 is 9.72 Å². The van der Waals surface area contributed by atoms with Crippen molar-refractivity contribution in [1.82, 2.24) is 9.29 Å². The van der Waals surface area contributed by atoms with Crippen LogP contribution in [0.4, 0.5) is 0 Å². The molecule has 0 spiro atoms. The number of hydrogen-bond acceptors (Lipinski definition) is 4. The van der Waals surface area contributed by atoms with E-state index in [-0.39, 0.29) is 10.9 Å². The Morgan fingerprint density at radius 3 is 2.37 bits per heavy atom. The topological polar surface area (TPSA) is 79.5 Å². The van der Waals surface area contributed by atoms with Crippen LogP contribution in [-0.2, 0) is 21.2 Å². The Morgan fingerprint density at radius 1 is 1.11 bits per heavy atom. The molecule has 0 radical (unpaired) electrons. The van der Waals surface area contributed by atoms with E-state index in [1.54, 1.807) is 18.2 Å². The van der Waals surface area contributed by atoms with Gasteiger partial charge in [0.05, 0.1) is 17.6 Å². The number of sulfonamides is 1. The third-order valence-corrected chi connectivity index (χ3v) is 6.45. The molecule has 0 amide bonds. The van der Waals surface area contributed by atoms with Crippen LogP contribution in [0.5, 0.6) is 0 Å². The standard InChI is InChI=1S/C20H22N2O4S/c1-13-17(18-12-15(20(23)26-4)7-10-19(18)21-13)11-14-5-8-16(9-6-14)27(24,25)22(2)3/h5-10,12,21H,11H2,1-4H3. The predicted octanol–water partition coefficient (Wildman–Crippen LogP) is 3.10. The van der Waals surface area contributed by atoms with Crippen LogP contribution >= 0.6 is 0 Å². The molecule has 0 aliphatic carbocycles. The molecule has 0 saturated carbocycles. The Bertz CT molecular complexity index is 1100. The summed E-state index contributed by atoms with van der Waals surface area (Å²) in [7, 11) is 0.942. The number of nitrogens with one attached hydrogen (secondary N) is 1. The molecule has 1 heterocycles. The van der Waals surface area contributed by atoms with Crippen LogP contribution in [0.3, 0.4) is 0 Å². The second-order valence-corrected chi connectivity index (χ2v) is 8.74. The van der Waals surface area contributed by atoms with Gasteiger partial charge >= 0.3 is 5.97 Å². The normalized spacial score (nSPS) is 11.9. The number of aryl methyl sites for hydroxylation is 1. The molecule has 1 aromatic heterocycles. The van der Waals surface area contributed by atoms with E-state index < -0.39 is 10.0 Å². The first-order chi connectivity index (χ1) is 12.7. The number of ether oxygens (including phenoxy) is 1. The molecule has 0 saturated heterocycles. The molecule has 0 atom stereocenters. The van der Waals surface area contributed by atoms with E-state index in [2.05, 4.69) is 4.98 Å². The number of rotatable bonds is 5. The zero-order valence-corrected chi connectivity index (χ0v) is 16.6. The molecule has 0 aliphatic heterocycles. The third-order valence-electron chi connectivity index (χ3n) is 4.62. The zero-order chi connectivity index (χ0) is 19.8. The van der Waals surface area contributed by atoms with Crippen LogP contribution in [-0.4, -0.2) is 44.9 Å². The third kappa shape index (κ3) is 3.61. The lowest BCUT2D eigenvalue weighted by Crippen LogP contribution is -2.22.